The number of hydrogen-bond acceptors (Lipinski definition) is 7. The van der Waals surface area contributed by atoms with Gasteiger partial charge >= 0.3 is 5.63 Å². The highest BCUT2D eigenvalue weighted by atomic mass is 32.1. The summed E-state index contributed by atoms with van der Waals surface area (Å²) in [5.74, 6) is 0.134. The second kappa shape index (κ2) is 7.77. The number of rotatable bonds is 6. The summed E-state index contributed by atoms with van der Waals surface area (Å²) in [6.45, 7) is 1.87. The first kappa shape index (κ1) is 18.1. The number of aromatic nitrogens is 2. The average molecular weight is 395 g/mol. The van der Waals surface area contributed by atoms with E-state index < -0.39 is 5.63 Å². The lowest BCUT2D eigenvalue weighted by Crippen LogP contribution is -2.20. The number of carbonyl (C=O) groups is 1. The number of nitrogens with zero attached hydrogens (tertiary/aromatic N) is 2. The first-order valence-corrected chi connectivity index (χ1v) is 9.58. The standard InChI is InChI=1S/C20H17N3O4S/c1-2-4-12-9-19(25)27-17-10-13(7-8-14(12)17)26-11-18(24)21-15-5-3-6-16-20(15)23-28-22-16/h3,5-10H,2,4,11H2,1H3,(H,21,24). The van der Waals surface area contributed by atoms with Crippen LogP contribution in [0.5, 0.6) is 5.75 Å². The Bertz CT molecular complexity index is 1220. The Labute approximate surface area is 164 Å². The Morgan fingerprint density at radius 2 is 2.11 bits per heavy atom. The summed E-state index contributed by atoms with van der Waals surface area (Å²) in [4.78, 5) is 24.0. The smallest absolute Gasteiger partial charge is 0.336 e. The minimum atomic E-state index is -0.393. The van der Waals surface area contributed by atoms with E-state index in [0.29, 0.717) is 22.5 Å². The van der Waals surface area contributed by atoms with Gasteiger partial charge in [0.05, 0.1) is 17.4 Å². The number of benzene rings is 2. The molecule has 0 atom stereocenters. The van der Waals surface area contributed by atoms with Crippen LogP contribution in [0.25, 0.3) is 22.0 Å². The zero-order valence-electron chi connectivity index (χ0n) is 15.1. The molecule has 0 saturated carbocycles. The largest absolute Gasteiger partial charge is 0.484 e. The van der Waals surface area contributed by atoms with Crippen LogP contribution >= 0.6 is 11.7 Å². The normalized spacial score (nSPS) is 11.0. The second-order valence-corrected chi connectivity index (χ2v) is 6.80. The van der Waals surface area contributed by atoms with E-state index in [0.717, 1.165) is 41.0 Å². The first-order valence-electron chi connectivity index (χ1n) is 8.85. The third-order valence-electron chi connectivity index (χ3n) is 4.25. The summed E-state index contributed by atoms with van der Waals surface area (Å²) in [5.41, 5.74) is 2.98. The molecule has 0 aliphatic carbocycles. The van der Waals surface area contributed by atoms with Crippen molar-refractivity contribution >= 4 is 45.3 Å². The van der Waals surface area contributed by atoms with Gasteiger partial charge in [0.2, 0.25) is 0 Å². The highest BCUT2D eigenvalue weighted by Gasteiger charge is 2.11. The lowest BCUT2D eigenvalue weighted by atomic mass is 10.1. The van der Waals surface area contributed by atoms with Gasteiger partial charge in [-0.1, -0.05) is 19.4 Å². The van der Waals surface area contributed by atoms with Gasteiger partial charge in [-0.05, 0) is 36.2 Å². The maximum absolute atomic E-state index is 12.3. The summed E-state index contributed by atoms with van der Waals surface area (Å²) in [6, 6.07) is 12.2. The van der Waals surface area contributed by atoms with Gasteiger partial charge in [-0.25, -0.2) is 4.79 Å². The second-order valence-electron chi connectivity index (χ2n) is 6.27. The van der Waals surface area contributed by atoms with Gasteiger partial charge in [0.1, 0.15) is 22.4 Å². The van der Waals surface area contributed by atoms with Crippen LogP contribution in [0.1, 0.15) is 18.9 Å². The van der Waals surface area contributed by atoms with Gasteiger partial charge in [0.25, 0.3) is 5.91 Å². The maximum Gasteiger partial charge on any atom is 0.336 e. The fraction of sp³-hybridized carbons (Fsp3) is 0.200. The molecule has 7 nitrogen and oxygen atoms in total. The van der Waals surface area contributed by atoms with Gasteiger partial charge in [0.15, 0.2) is 6.61 Å². The highest BCUT2D eigenvalue weighted by Crippen LogP contribution is 2.24. The SMILES string of the molecule is CCCc1cc(=O)oc2cc(OCC(=O)Nc3cccc4nsnc34)ccc12. The van der Waals surface area contributed by atoms with Gasteiger partial charge in [-0.3, -0.25) is 4.79 Å². The molecule has 0 aliphatic rings. The molecule has 0 saturated heterocycles. The Hall–Kier alpha value is -3.26. The minimum Gasteiger partial charge on any atom is -0.484 e. The summed E-state index contributed by atoms with van der Waals surface area (Å²) in [5, 5.41) is 3.66. The molecule has 8 heteroatoms. The number of hydrogen-bond donors (Lipinski definition) is 1. The molecule has 2 aromatic heterocycles. The van der Waals surface area contributed by atoms with Crippen LogP contribution in [0.15, 0.2) is 51.7 Å². The molecule has 2 aromatic carbocycles. The molecular weight excluding hydrogens is 378 g/mol. The molecule has 28 heavy (non-hydrogen) atoms. The number of amides is 1. The van der Waals surface area contributed by atoms with E-state index in [9.17, 15) is 9.59 Å². The van der Waals surface area contributed by atoms with Crippen LogP contribution in [0, 0.1) is 0 Å². The van der Waals surface area contributed by atoms with Gasteiger partial charge in [0, 0.05) is 17.5 Å². The minimum absolute atomic E-state index is 0.182. The Morgan fingerprint density at radius 3 is 2.96 bits per heavy atom. The van der Waals surface area contributed by atoms with Crippen molar-refractivity contribution in [2.45, 2.75) is 19.8 Å². The number of aryl methyl sites for hydroxylation is 1. The van der Waals surface area contributed by atoms with E-state index in [4.69, 9.17) is 9.15 Å². The fourth-order valence-electron chi connectivity index (χ4n) is 3.02. The van der Waals surface area contributed by atoms with Crippen molar-refractivity contribution in [1.82, 2.24) is 8.75 Å². The molecule has 0 fully saturated rings. The van der Waals surface area contributed by atoms with Crippen LogP contribution in [-0.2, 0) is 11.2 Å². The molecule has 4 aromatic rings. The van der Waals surface area contributed by atoms with Crippen molar-refractivity contribution in [2.75, 3.05) is 11.9 Å². The van der Waals surface area contributed by atoms with Crippen LogP contribution in [0.3, 0.4) is 0 Å². The predicted molar refractivity (Wildman–Crippen MR) is 108 cm³/mol. The van der Waals surface area contributed by atoms with Crippen LogP contribution in [0.2, 0.25) is 0 Å². The van der Waals surface area contributed by atoms with Crippen molar-refractivity contribution in [1.29, 1.82) is 0 Å². The van der Waals surface area contributed by atoms with E-state index in [1.165, 1.54) is 6.07 Å². The van der Waals surface area contributed by atoms with E-state index in [-0.39, 0.29) is 12.5 Å². The van der Waals surface area contributed by atoms with Crippen LogP contribution < -0.4 is 15.7 Å². The lowest BCUT2D eigenvalue weighted by molar-refractivity contribution is -0.118. The van der Waals surface area contributed by atoms with Gasteiger partial charge < -0.3 is 14.5 Å². The molecule has 142 valence electrons. The van der Waals surface area contributed by atoms with E-state index in [1.807, 2.05) is 12.1 Å². The quantitative estimate of drug-likeness (QED) is 0.500. The van der Waals surface area contributed by atoms with Gasteiger partial charge in [-0.2, -0.15) is 8.75 Å². The van der Waals surface area contributed by atoms with Crippen molar-refractivity contribution in [3.8, 4) is 5.75 Å². The van der Waals surface area contributed by atoms with Crippen LogP contribution in [-0.4, -0.2) is 21.3 Å². The molecular formula is C20H17N3O4S. The molecule has 0 bridgehead atoms. The van der Waals surface area contributed by atoms with E-state index in [2.05, 4.69) is 21.0 Å². The van der Waals surface area contributed by atoms with E-state index in [1.54, 1.807) is 24.3 Å². The summed E-state index contributed by atoms with van der Waals surface area (Å²) in [7, 11) is 0. The third kappa shape index (κ3) is 3.72. The topological polar surface area (TPSA) is 94.3 Å². The number of fused-ring (bicyclic) bond motifs is 2. The number of ether oxygens (including phenoxy) is 1. The summed E-state index contributed by atoms with van der Waals surface area (Å²) >= 11 is 1.09. The monoisotopic (exact) mass is 395 g/mol. The van der Waals surface area contributed by atoms with Crippen molar-refractivity contribution in [2.24, 2.45) is 0 Å². The molecule has 0 radical (unpaired) electrons. The summed E-state index contributed by atoms with van der Waals surface area (Å²) < 4.78 is 19.2. The van der Waals surface area contributed by atoms with Crippen molar-refractivity contribution < 1.29 is 13.9 Å². The maximum atomic E-state index is 12.3. The summed E-state index contributed by atoms with van der Waals surface area (Å²) in [6.07, 6.45) is 1.72. The number of carbonyl (C=O) groups excluding carboxylic acids is 1. The molecule has 2 heterocycles. The zero-order valence-corrected chi connectivity index (χ0v) is 15.9. The van der Waals surface area contributed by atoms with E-state index >= 15 is 0 Å². The zero-order chi connectivity index (χ0) is 19.5. The predicted octanol–water partition coefficient (Wildman–Crippen LogP) is 3.77. The molecule has 1 amide bonds. The Balaban J connectivity index is 1.48. The Morgan fingerprint density at radius 1 is 1.21 bits per heavy atom. The first-order chi connectivity index (χ1) is 13.6. The molecule has 0 aliphatic heterocycles. The fourth-order valence-corrected chi connectivity index (χ4v) is 3.57. The Kier molecular flexibility index (Phi) is 5.03. The van der Waals surface area contributed by atoms with Crippen molar-refractivity contribution in [3.63, 3.8) is 0 Å². The number of nitrogens with one attached hydrogen (secondary N) is 1. The molecule has 0 spiro atoms. The van der Waals surface area contributed by atoms with Gasteiger partial charge in [-0.15, -0.1) is 0 Å². The molecule has 4 rings (SSSR count). The van der Waals surface area contributed by atoms with Crippen LogP contribution in [0.4, 0.5) is 5.69 Å². The van der Waals surface area contributed by atoms with Crippen molar-refractivity contribution in [3.05, 3.63) is 58.4 Å². The third-order valence-corrected chi connectivity index (χ3v) is 4.79. The highest BCUT2D eigenvalue weighted by molar-refractivity contribution is 7.00. The average Bonchev–Trinajstić information content (AvgIpc) is 3.16. The lowest BCUT2D eigenvalue weighted by Gasteiger charge is -2.09. The molecule has 0 unspecified atom stereocenters. The molecule has 1 N–H and O–H groups in total. The number of anilines is 1.